The standard InChI is InChI=1S/C30H30F3N5O3/c1-36-19-25(16-34-36)23-4-2-21(3-5-23)22-6-8-24(9-7-22)26-35-29(11-14-41-15-12-29)27(39)38(26)18-20-10-13-37(17-20)28(40)30(31,32)33/h2-9,16,19-20H,10-15,17-18H2,1H3/t20-/m1/s1. The van der Waals surface area contributed by atoms with Crippen LogP contribution in [0.4, 0.5) is 13.2 Å². The lowest BCUT2D eigenvalue weighted by molar-refractivity contribution is -0.184. The molecule has 3 aliphatic heterocycles. The van der Waals surface area contributed by atoms with Gasteiger partial charge in [-0.2, -0.15) is 18.3 Å². The third-order valence-corrected chi connectivity index (χ3v) is 8.19. The van der Waals surface area contributed by atoms with E-state index in [0.717, 1.165) is 32.7 Å². The molecule has 4 heterocycles. The van der Waals surface area contributed by atoms with Gasteiger partial charge >= 0.3 is 12.1 Å². The number of benzene rings is 2. The third kappa shape index (κ3) is 5.26. The van der Waals surface area contributed by atoms with E-state index < -0.39 is 17.6 Å². The van der Waals surface area contributed by atoms with Crippen molar-refractivity contribution in [3.63, 3.8) is 0 Å². The summed E-state index contributed by atoms with van der Waals surface area (Å²) < 4.78 is 46.2. The zero-order valence-corrected chi connectivity index (χ0v) is 22.6. The van der Waals surface area contributed by atoms with E-state index in [2.05, 4.69) is 5.10 Å². The molecule has 2 amide bonds. The number of carbonyl (C=O) groups excluding carboxylic acids is 2. The Morgan fingerprint density at radius 3 is 2.12 bits per heavy atom. The average Bonchev–Trinajstić information content (AvgIpc) is 3.69. The number of carbonyl (C=O) groups is 2. The van der Waals surface area contributed by atoms with Crippen LogP contribution in [0.3, 0.4) is 0 Å². The van der Waals surface area contributed by atoms with Crippen molar-refractivity contribution in [3.8, 4) is 22.3 Å². The fraction of sp³-hybridized carbons (Fsp3) is 0.400. The first-order valence-corrected chi connectivity index (χ1v) is 13.7. The van der Waals surface area contributed by atoms with Gasteiger partial charge in [-0.3, -0.25) is 24.2 Å². The number of likely N-dealkylation sites (tertiary alicyclic amines) is 1. The molecule has 2 aromatic carbocycles. The van der Waals surface area contributed by atoms with Crippen molar-refractivity contribution >= 4 is 17.6 Å². The number of amidine groups is 1. The maximum absolute atomic E-state index is 13.8. The molecule has 2 saturated heterocycles. The zero-order valence-electron chi connectivity index (χ0n) is 22.6. The van der Waals surface area contributed by atoms with Crippen molar-refractivity contribution in [2.75, 3.05) is 32.8 Å². The van der Waals surface area contributed by atoms with Crippen molar-refractivity contribution in [2.24, 2.45) is 18.0 Å². The van der Waals surface area contributed by atoms with Gasteiger partial charge in [-0.25, -0.2) is 0 Å². The average molecular weight is 566 g/mol. The SMILES string of the molecule is Cn1cc(-c2ccc(-c3ccc(C4=NC5(CCOCC5)C(=O)N4C[C@@H]4CCN(C(=O)C(F)(F)F)C4)cc3)cc2)cn1. The Kier molecular flexibility index (Phi) is 6.93. The number of rotatable bonds is 5. The lowest BCUT2D eigenvalue weighted by Crippen LogP contribution is -2.47. The van der Waals surface area contributed by atoms with Gasteiger partial charge in [0.25, 0.3) is 5.91 Å². The van der Waals surface area contributed by atoms with E-state index in [0.29, 0.717) is 38.3 Å². The molecular formula is C30H30F3N5O3. The monoisotopic (exact) mass is 565 g/mol. The van der Waals surface area contributed by atoms with Crippen LogP contribution in [0.5, 0.6) is 0 Å². The van der Waals surface area contributed by atoms with Crippen molar-refractivity contribution < 1.29 is 27.5 Å². The summed E-state index contributed by atoms with van der Waals surface area (Å²) in [7, 11) is 1.88. The Morgan fingerprint density at radius 1 is 0.976 bits per heavy atom. The number of aryl methyl sites for hydroxylation is 1. The molecule has 11 heteroatoms. The third-order valence-electron chi connectivity index (χ3n) is 8.19. The highest BCUT2D eigenvalue weighted by molar-refractivity contribution is 6.15. The molecule has 0 aliphatic carbocycles. The molecule has 41 heavy (non-hydrogen) atoms. The highest BCUT2D eigenvalue weighted by Crippen LogP contribution is 2.36. The van der Waals surface area contributed by atoms with Gasteiger partial charge in [0, 0.05) is 70.1 Å². The highest BCUT2D eigenvalue weighted by atomic mass is 19.4. The largest absolute Gasteiger partial charge is 0.471 e. The Labute approximate surface area is 235 Å². The van der Waals surface area contributed by atoms with E-state index in [1.54, 1.807) is 9.58 Å². The number of halogens is 3. The summed E-state index contributed by atoms with van der Waals surface area (Å²) in [6, 6.07) is 16.0. The summed E-state index contributed by atoms with van der Waals surface area (Å²) in [5, 5.41) is 4.23. The molecule has 1 aromatic heterocycles. The summed E-state index contributed by atoms with van der Waals surface area (Å²) in [6.07, 6.45) is 0.178. The number of nitrogens with zero attached hydrogens (tertiary/aromatic N) is 5. The summed E-state index contributed by atoms with van der Waals surface area (Å²) in [5.74, 6) is -1.72. The predicted molar refractivity (Wildman–Crippen MR) is 146 cm³/mol. The van der Waals surface area contributed by atoms with Gasteiger partial charge in [0.05, 0.1) is 6.20 Å². The van der Waals surface area contributed by atoms with E-state index in [-0.39, 0.29) is 31.5 Å². The fourth-order valence-corrected chi connectivity index (χ4v) is 5.92. The maximum atomic E-state index is 13.8. The molecular weight excluding hydrogens is 535 g/mol. The molecule has 2 fully saturated rings. The summed E-state index contributed by atoms with van der Waals surface area (Å²) in [4.78, 5) is 32.9. The molecule has 3 aromatic rings. The van der Waals surface area contributed by atoms with Gasteiger partial charge < -0.3 is 9.64 Å². The van der Waals surface area contributed by atoms with Crippen LogP contribution in [0, 0.1) is 5.92 Å². The minimum absolute atomic E-state index is 0.0186. The Morgan fingerprint density at radius 2 is 1.56 bits per heavy atom. The number of aromatic nitrogens is 2. The molecule has 214 valence electrons. The number of alkyl halides is 3. The molecule has 3 aliphatic rings. The van der Waals surface area contributed by atoms with Crippen LogP contribution in [-0.4, -0.2) is 81.8 Å². The van der Waals surface area contributed by atoms with Crippen LogP contribution in [0.15, 0.2) is 65.9 Å². The van der Waals surface area contributed by atoms with Crippen LogP contribution < -0.4 is 0 Å². The molecule has 0 radical (unpaired) electrons. The minimum atomic E-state index is -4.90. The second-order valence-corrected chi connectivity index (χ2v) is 11.0. The van der Waals surface area contributed by atoms with E-state index in [1.807, 2.05) is 68.0 Å². The van der Waals surface area contributed by atoms with Crippen LogP contribution in [0.1, 0.15) is 24.8 Å². The van der Waals surface area contributed by atoms with Crippen LogP contribution in [0.25, 0.3) is 22.3 Å². The summed E-state index contributed by atoms with van der Waals surface area (Å²) >= 11 is 0. The van der Waals surface area contributed by atoms with Gasteiger partial charge in [0.2, 0.25) is 0 Å². The van der Waals surface area contributed by atoms with E-state index in [1.165, 1.54) is 0 Å². The van der Waals surface area contributed by atoms with Crippen molar-refractivity contribution in [3.05, 3.63) is 66.5 Å². The maximum Gasteiger partial charge on any atom is 0.471 e. The van der Waals surface area contributed by atoms with Crippen LogP contribution in [0.2, 0.25) is 0 Å². The Hall–Kier alpha value is -3.99. The second-order valence-electron chi connectivity index (χ2n) is 11.0. The first-order chi connectivity index (χ1) is 19.6. The second kappa shape index (κ2) is 10.4. The Balaban J connectivity index is 1.23. The highest BCUT2D eigenvalue weighted by Gasteiger charge is 2.50. The number of hydrogen-bond acceptors (Lipinski definition) is 5. The molecule has 0 N–H and O–H groups in total. The fourth-order valence-electron chi connectivity index (χ4n) is 5.92. The topological polar surface area (TPSA) is 80.0 Å². The van der Waals surface area contributed by atoms with E-state index >= 15 is 0 Å². The van der Waals surface area contributed by atoms with E-state index in [9.17, 15) is 22.8 Å². The smallest absolute Gasteiger partial charge is 0.381 e. The first-order valence-electron chi connectivity index (χ1n) is 13.7. The van der Waals surface area contributed by atoms with Gasteiger partial charge in [-0.1, -0.05) is 48.5 Å². The summed E-state index contributed by atoms with van der Waals surface area (Å²) in [6.45, 7) is 1.02. The molecule has 0 bridgehead atoms. The van der Waals surface area contributed by atoms with Gasteiger partial charge in [0.1, 0.15) is 11.4 Å². The molecule has 8 nitrogen and oxygen atoms in total. The van der Waals surface area contributed by atoms with Gasteiger partial charge in [-0.15, -0.1) is 0 Å². The number of aliphatic imine (C=N–C) groups is 1. The molecule has 1 spiro atoms. The first kappa shape index (κ1) is 27.2. The quantitative estimate of drug-likeness (QED) is 0.462. The van der Waals surface area contributed by atoms with Crippen molar-refractivity contribution in [1.82, 2.24) is 19.6 Å². The minimum Gasteiger partial charge on any atom is -0.381 e. The number of hydrogen-bond donors (Lipinski definition) is 0. The predicted octanol–water partition coefficient (Wildman–Crippen LogP) is 4.30. The van der Waals surface area contributed by atoms with E-state index in [4.69, 9.17) is 9.73 Å². The van der Waals surface area contributed by atoms with Gasteiger partial charge in [-0.05, 0) is 29.0 Å². The lowest BCUT2D eigenvalue weighted by Gasteiger charge is -2.30. The molecule has 1 atom stereocenters. The zero-order chi connectivity index (χ0) is 28.8. The van der Waals surface area contributed by atoms with Gasteiger partial charge in [0.15, 0.2) is 0 Å². The Bertz CT molecular complexity index is 1470. The molecule has 0 unspecified atom stereocenters. The molecule has 6 rings (SSSR count). The summed E-state index contributed by atoms with van der Waals surface area (Å²) in [5.41, 5.74) is 3.98. The van der Waals surface area contributed by atoms with Crippen LogP contribution in [-0.2, 0) is 21.4 Å². The van der Waals surface area contributed by atoms with Crippen LogP contribution >= 0.6 is 0 Å². The molecule has 0 saturated carbocycles. The number of ether oxygens (including phenoxy) is 1. The lowest BCUT2D eigenvalue weighted by atomic mass is 9.90. The van der Waals surface area contributed by atoms with Crippen molar-refractivity contribution in [2.45, 2.75) is 31.0 Å². The van der Waals surface area contributed by atoms with Crippen molar-refractivity contribution in [1.29, 1.82) is 0 Å². The number of amides is 2. The normalized spacial score (nSPS) is 20.6.